The van der Waals surface area contributed by atoms with E-state index in [9.17, 15) is 9.59 Å². The smallest absolute Gasteiger partial charge is 0.239 e. The summed E-state index contributed by atoms with van der Waals surface area (Å²) in [4.78, 5) is 29.1. The molecule has 0 bridgehead atoms. The van der Waals surface area contributed by atoms with Gasteiger partial charge in [-0.05, 0) is 63.4 Å². The number of likely N-dealkylation sites (tertiary alicyclic amines) is 1. The lowest BCUT2D eigenvalue weighted by Crippen LogP contribution is -2.44. The fourth-order valence-corrected chi connectivity index (χ4v) is 4.12. The highest BCUT2D eigenvalue weighted by Gasteiger charge is 2.40. The van der Waals surface area contributed by atoms with Crippen LogP contribution < -0.4 is 10.2 Å². The molecule has 0 radical (unpaired) electrons. The van der Waals surface area contributed by atoms with Gasteiger partial charge in [0.2, 0.25) is 11.8 Å². The van der Waals surface area contributed by atoms with Gasteiger partial charge in [-0.2, -0.15) is 0 Å². The predicted molar refractivity (Wildman–Crippen MR) is 105 cm³/mol. The van der Waals surface area contributed by atoms with Gasteiger partial charge in [-0.25, -0.2) is 0 Å². The normalized spacial score (nSPS) is 21.5. The van der Waals surface area contributed by atoms with E-state index in [-0.39, 0.29) is 11.8 Å². The van der Waals surface area contributed by atoms with Gasteiger partial charge >= 0.3 is 0 Å². The quantitative estimate of drug-likeness (QED) is 0.776. The highest BCUT2D eigenvalue weighted by Crippen LogP contribution is 2.32. The minimum Gasteiger partial charge on any atom is -0.342 e. The summed E-state index contributed by atoms with van der Waals surface area (Å²) in [5.41, 5.74) is 0.700. The second-order valence-corrected chi connectivity index (χ2v) is 7.90. The van der Waals surface area contributed by atoms with Crippen LogP contribution in [-0.4, -0.2) is 49.9 Å². The summed E-state index contributed by atoms with van der Waals surface area (Å²) >= 11 is 12.0. The van der Waals surface area contributed by atoms with Crippen molar-refractivity contribution in [3.05, 3.63) is 28.2 Å². The van der Waals surface area contributed by atoms with E-state index < -0.39 is 5.92 Å². The molecule has 1 N–H and O–H groups in total. The topological polar surface area (TPSA) is 52.7 Å². The summed E-state index contributed by atoms with van der Waals surface area (Å²) in [6.45, 7) is 3.05. The summed E-state index contributed by atoms with van der Waals surface area (Å²) in [7, 11) is 1.96. The van der Waals surface area contributed by atoms with Crippen LogP contribution >= 0.6 is 23.2 Å². The van der Waals surface area contributed by atoms with Gasteiger partial charge in [0, 0.05) is 25.3 Å². The Balaban J connectivity index is 1.59. The van der Waals surface area contributed by atoms with Crippen LogP contribution in [0.5, 0.6) is 0 Å². The first-order chi connectivity index (χ1) is 12.5. The van der Waals surface area contributed by atoms with E-state index in [1.165, 1.54) is 0 Å². The number of hydrogen-bond acceptors (Lipinski definition) is 3. The number of halogens is 2. The maximum atomic E-state index is 12.8. The van der Waals surface area contributed by atoms with E-state index in [0.717, 1.165) is 38.9 Å². The monoisotopic (exact) mass is 397 g/mol. The molecular formula is C19H25Cl2N3O2. The van der Waals surface area contributed by atoms with Crippen molar-refractivity contribution in [1.29, 1.82) is 0 Å². The molecule has 0 saturated carbocycles. The molecule has 5 nitrogen and oxygen atoms in total. The molecule has 1 unspecified atom stereocenters. The van der Waals surface area contributed by atoms with E-state index in [1.807, 2.05) is 11.9 Å². The lowest BCUT2D eigenvalue weighted by Gasteiger charge is -2.33. The third-order valence-electron chi connectivity index (χ3n) is 5.45. The van der Waals surface area contributed by atoms with Crippen LogP contribution in [-0.2, 0) is 9.59 Å². The first-order valence-electron chi connectivity index (χ1n) is 9.21. The zero-order chi connectivity index (χ0) is 18.7. The second kappa shape index (κ2) is 8.59. The zero-order valence-electron chi connectivity index (χ0n) is 15.0. The number of carbonyl (C=O) groups excluding carboxylic acids is 2. The number of rotatable bonds is 5. The van der Waals surface area contributed by atoms with E-state index in [1.54, 1.807) is 23.1 Å². The third-order valence-corrected chi connectivity index (χ3v) is 6.19. The van der Waals surface area contributed by atoms with Gasteiger partial charge in [0.25, 0.3) is 0 Å². The van der Waals surface area contributed by atoms with Gasteiger partial charge in [0.1, 0.15) is 5.92 Å². The Morgan fingerprint density at radius 1 is 1.15 bits per heavy atom. The van der Waals surface area contributed by atoms with Crippen molar-refractivity contribution in [2.45, 2.75) is 25.7 Å². The Labute approximate surface area is 164 Å². The number of piperidine rings is 1. The Morgan fingerprint density at radius 2 is 1.88 bits per heavy atom. The van der Waals surface area contributed by atoms with Crippen molar-refractivity contribution < 1.29 is 9.59 Å². The molecule has 7 heteroatoms. The Morgan fingerprint density at radius 3 is 2.54 bits per heavy atom. The molecular weight excluding hydrogens is 373 g/mol. The van der Waals surface area contributed by atoms with Crippen molar-refractivity contribution in [1.82, 2.24) is 10.2 Å². The summed E-state index contributed by atoms with van der Waals surface area (Å²) in [5.74, 6) is -0.0629. The SMILES string of the molecule is CNCCC1CCN(C(=O)C2CCN(c3ccc(Cl)c(Cl)c3)C2=O)CC1. The predicted octanol–water partition coefficient (Wildman–Crippen LogP) is 3.19. The largest absolute Gasteiger partial charge is 0.342 e. The lowest BCUT2D eigenvalue weighted by atomic mass is 9.92. The van der Waals surface area contributed by atoms with Crippen LogP contribution in [0.2, 0.25) is 10.0 Å². The molecule has 0 spiro atoms. The minimum atomic E-state index is -0.571. The van der Waals surface area contributed by atoms with Gasteiger partial charge in [-0.3, -0.25) is 9.59 Å². The molecule has 3 rings (SSSR count). The third kappa shape index (κ3) is 4.16. The average Bonchev–Trinajstić information content (AvgIpc) is 3.03. The van der Waals surface area contributed by atoms with E-state index in [0.29, 0.717) is 34.6 Å². The maximum absolute atomic E-state index is 12.8. The molecule has 2 heterocycles. The second-order valence-electron chi connectivity index (χ2n) is 7.09. The maximum Gasteiger partial charge on any atom is 0.239 e. The number of benzene rings is 1. The molecule has 2 aliphatic heterocycles. The first-order valence-corrected chi connectivity index (χ1v) is 9.96. The Kier molecular flexibility index (Phi) is 6.43. The van der Waals surface area contributed by atoms with Crippen LogP contribution in [0.25, 0.3) is 0 Å². The van der Waals surface area contributed by atoms with Crippen molar-refractivity contribution in [3.63, 3.8) is 0 Å². The molecule has 0 aliphatic carbocycles. The number of amides is 2. The molecule has 2 amide bonds. The Hall–Kier alpha value is -1.30. The molecule has 142 valence electrons. The van der Waals surface area contributed by atoms with Gasteiger partial charge in [-0.1, -0.05) is 23.2 Å². The average molecular weight is 398 g/mol. The first kappa shape index (κ1) is 19.5. The van der Waals surface area contributed by atoms with E-state index in [2.05, 4.69) is 5.32 Å². The summed E-state index contributed by atoms with van der Waals surface area (Å²) in [6, 6.07) is 5.13. The Bertz CT molecular complexity index is 675. The number of nitrogens with one attached hydrogen (secondary N) is 1. The summed E-state index contributed by atoms with van der Waals surface area (Å²) in [6.07, 6.45) is 3.74. The number of hydrogen-bond donors (Lipinski definition) is 1. The summed E-state index contributed by atoms with van der Waals surface area (Å²) in [5, 5.41) is 4.05. The van der Waals surface area contributed by atoms with Gasteiger partial charge < -0.3 is 15.1 Å². The van der Waals surface area contributed by atoms with Gasteiger partial charge in [-0.15, -0.1) is 0 Å². The van der Waals surface area contributed by atoms with Crippen LogP contribution in [0.4, 0.5) is 5.69 Å². The minimum absolute atomic E-state index is 0.0235. The van der Waals surface area contributed by atoms with Crippen LogP contribution in [0.3, 0.4) is 0 Å². The van der Waals surface area contributed by atoms with Crippen molar-refractivity contribution >= 4 is 40.7 Å². The highest BCUT2D eigenvalue weighted by molar-refractivity contribution is 6.42. The zero-order valence-corrected chi connectivity index (χ0v) is 16.5. The number of anilines is 1. The summed E-state index contributed by atoms with van der Waals surface area (Å²) < 4.78 is 0. The van der Waals surface area contributed by atoms with Gasteiger partial charge in [0.15, 0.2) is 0 Å². The van der Waals surface area contributed by atoms with Crippen molar-refractivity contribution in [2.75, 3.05) is 38.1 Å². The fourth-order valence-electron chi connectivity index (χ4n) is 3.83. The molecule has 1 atom stereocenters. The number of nitrogens with zero attached hydrogens (tertiary/aromatic N) is 2. The molecule has 2 fully saturated rings. The van der Waals surface area contributed by atoms with E-state index >= 15 is 0 Å². The standard InChI is InChI=1S/C19H25Cl2N3O2/c1-22-8-4-13-5-9-23(10-6-13)18(25)15-7-11-24(19(15)26)14-2-3-16(20)17(21)12-14/h2-3,12-13,15,22H,4-11H2,1H3. The van der Waals surface area contributed by atoms with Crippen molar-refractivity contribution in [3.8, 4) is 0 Å². The number of carbonyl (C=O) groups is 2. The molecule has 2 saturated heterocycles. The molecule has 1 aromatic carbocycles. The lowest BCUT2D eigenvalue weighted by molar-refractivity contribution is -0.141. The van der Waals surface area contributed by atoms with Gasteiger partial charge in [0.05, 0.1) is 10.0 Å². The van der Waals surface area contributed by atoms with Crippen molar-refractivity contribution in [2.24, 2.45) is 11.8 Å². The molecule has 0 aromatic heterocycles. The molecule has 1 aromatic rings. The molecule has 2 aliphatic rings. The molecule has 26 heavy (non-hydrogen) atoms. The highest BCUT2D eigenvalue weighted by atomic mass is 35.5. The van der Waals surface area contributed by atoms with Crippen LogP contribution in [0.15, 0.2) is 18.2 Å². The van der Waals surface area contributed by atoms with Crippen LogP contribution in [0, 0.1) is 11.8 Å². The fraction of sp³-hybridized carbons (Fsp3) is 0.579. The van der Waals surface area contributed by atoms with Crippen LogP contribution in [0.1, 0.15) is 25.7 Å². The van der Waals surface area contributed by atoms with E-state index in [4.69, 9.17) is 23.2 Å².